The Morgan fingerprint density at radius 3 is 1.00 bits per heavy atom. The van der Waals surface area contributed by atoms with Crippen molar-refractivity contribution in [3.63, 3.8) is 0 Å². The standard InChI is InChI=1S/C14H24Si2/c1-5-9-15(10-6-2)13-14-16(11-7-3)12-8-4/h5-8,13-16H,1-4,9-12H2. The lowest BCUT2D eigenvalue weighted by Gasteiger charge is -2.08. The molecule has 0 amide bonds. The van der Waals surface area contributed by atoms with E-state index in [1.54, 1.807) is 0 Å². The van der Waals surface area contributed by atoms with Crippen LogP contribution in [0.2, 0.25) is 24.2 Å². The molecule has 0 N–H and O–H groups in total. The Bertz CT molecular complexity index is 207. The fourth-order valence-electron chi connectivity index (χ4n) is 1.68. The average molecular weight is 249 g/mol. The van der Waals surface area contributed by atoms with Gasteiger partial charge in [0.1, 0.15) is 0 Å². The average Bonchev–Trinajstić information content (AvgIpc) is 2.27. The van der Waals surface area contributed by atoms with Crippen LogP contribution in [0.25, 0.3) is 0 Å². The van der Waals surface area contributed by atoms with Crippen molar-refractivity contribution < 1.29 is 0 Å². The van der Waals surface area contributed by atoms with Crippen LogP contribution in [0.5, 0.6) is 0 Å². The van der Waals surface area contributed by atoms with Crippen LogP contribution in [0.3, 0.4) is 0 Å². The lowest BCUT2D eigenvalue weighted by Crippen LogP contribution is -2.11. The lowest BCUT2D eigenvalue weighted by atomic mass is 10.7. The maximum atomic E-state index is 3.83. The molecule has 0 saturated heterocycles. The maximum Gasteiger partial charge on any atom is 0.0679 e. The minimum Gasteiger partial charge on any atom is -0.105 e. The molecule has 16 heavy (non-hydrogen) atoms. The van der Waals surface area contributed by atoms with E-state index in [1.807, 2.05) is 24.3 Å². The highest BCUT2D eigenvalue weighted by molar-refractivity contribution is 6.71. The van der Waals surface area contributed by atoms with Crippen molar-refractivity contribution in [3.8, 4) is 0 Å². The van der Waals surface area contributed by atoms with Gasteiger partial charge in [0.05, 0.1) is 17.6 Å². The monoisotopic (exact) mass is 248 g/mol. The molecule has 0 radical (unpaired) electrons. The largest absolute Gasteiger partial charge is 0.105 e. The van der Waals surface area contributed by atoms with Crippen molar-refractivity contribution in [2.45, 2.75) is 24.2 Å². The fraction of sp³-hybridized carbons (Fsp3) is 0.286. The van der Waals surface area contributed by atoms with Gasteiger partial charge in [-0.1, -0.05) is 24.3 Å². The van der Waals surface area contributed by atoms with Crippen LogP contribution < -0.4 is 0 Å². The van der Waals surface area contributed by atoms with Gasteiger partial charge in [-0.2, -0.15) is 0 Å². The first-order chi connectivity index (χ1) is 7.78. The van der Waals surface area contributed by atoms with Crippen molar-refractivity contribution in [2.24, 2.45) is 0 Å². The lowest BCUT2D eigenvalue weighted by molar-refractivity contribution is 1.53. The van der Waals surface area contributed by atoms with E-state index in [0.717, 1.165) is 0 Å². The van der Waals surface area contributed by atoms with Crippen molar-refractivity contribution in [3.05, 3.63) is 62.0 Å². The van der Waals surface area contributed by atoms with Crippen LogP contribution in [-0.2, 0) is 0 Å². The van der Waals surface area contributed by atoms with Gasteiger partial charge in [0, 0.05) is 0 Å². The quantitative estimate of drug-likeness (QED) is 0.407. The van der Waals surface area contributed by atoms with Gasteiger partial charge in [0.2, 0.25) is 0 Å². The Morgan fingerprint density at radius 1 is 0.562 bits per heavy atom. The zero-order chi connectivity index (χ0) is 12.2. The predicted octanol–water partition coefficient (Wildman–Crippen LogP) is 3.82. The second-order valence-corrected chi connectivity index (χ2v) is 9.70. The molecule has 0 aromatic heterocycles. The summed E-state index contributed by atoms with van der Waals surface area (Å²) in [7, 11) is -1.58. The number of allylic oxidation sites excluding steroid dienone is 4. The summed E-state index contributed by atoms with van der Waals surface area (Å²) in [6, 6.07) is 4.69. The second-order valence-electron chi connectivity index (χ2n) is 4.00. The Morgan fingerprint density at radius 2 is 0.812 bits per heavy atom. The molecule has 0 bridgehead atoms. The van der Waals surface area contributed by atoms with Gasteiger partial charge in [-0.15, -0.1) is 37.7 Å². The second kappa shape index (κ2) is 10.6. The first kappa shape index (κ1) is 15.1. The van der Waals surface area contributed by atoms with Crippen LogP contribution in [0, 0.1) is 0 Å². The molecule has 0 spiro atoms. The SMILES string of the molecule is C=CC[SiH](C=C[SiH](CC=C)CC=C)CC=C. The summed E-state index contributed by atoms with van der Waals surface area (Å²) < 4.78 is 0. The summed E-state index contributed by atoms with van der Waals surface area (Å²) in [4.78, 5) is 0. The van der Waals surface area contributed by atoms with Gasteiger partial charge in [0.15, 0.2) is 0 Å². The highest BCUT2D eigenvalue weighted by Gasteiger charge is 2.05. The van der Waals surface area contributed by atoms with Crippen molar-refractivity contribution >= 4 is 17.6 Å². The number of hydrogen-bond donors (Lipinski definition) is 0. The van der Waals surface area contributed by atoms with Crippen LogP contribution in [0.4, 0.5) is 0 Å². The molecular formula is C14H24Si2. The summed E-state index contributed by atoms with van der Waals surface area (Å²) >= 11 is 0. The summed E-state index contributed by atoms with van der Waals surface area (Å²) in [5.74, 6) is 0. The van der Waals surface area contributed by atoms with Gasteiger partial charge in [-0.05, 0) is 24.2 Å². The molecule has 0 rings (SSSR count). The van der Waals surface area contributed by atoms with Crippen LogP contribution in [0.1, 0.15) is 0 Å². The topological polar surface area (TPSA) is 0 Å². The molecule has 0 aliphatic heterocycles. The van der Waals surface area contributed by atoms with Crippen molar-refractivity contribution in [1.82, 2.24) is 0 Å². The summed E-state index contributed by atoms with van der Waals surface area (Å²) in [5, 5.41) is 0. The minimum atomic E-state index is -0.790. The van der Waals surface area contributed by atoms with Gasteiger partial charge < -0.3 is 0 Å². The Labute approximate surface area is 104 Å². The van der Waals surface area contributed by atoms with Gasteiger partial charge in [0.25, 0.3) is 0 Å². The van der Waals surface area contributed by atoms with Crippen molar-refractivity contribution in [1.29, 1.82) is 0 Å². The molecular weight excluding hydrogens is 224 g/mol. The van der Waals surface area contributed by atoms with E-state index in [4.69, 9.17) is 0 Å². The Kier molecular flexibility index (Phi) is 10.1. The maximum absolute atomic E-state index is 3.83. The zero-order valence-electron chi connectivity index (χ0n) is 10.3. The highest BCUT2D eigenvalue weighted by Crippen LogP contribution is 2.07. The summed E-state index contributed by atoms with van der Waals surface area (Å²) in [5.41, 5.74) is 4.96. The molecule has 2 heteroatoms. The molecule has 0 aromatic rings. The van der Waals surface area contributed by atoms with Crippen LogP contribution in [-0.4, -0.2) is 17.6 Å². The van der Waals surface area contributed by atoms with Crippen LogP contribution >= 0.6 is 0 Å². The smallest absolute Gasteiger partial charge is 0.0679 e. The van der Waals surface area contributed by atoms with Gasteiger partial charge in [-0.25, -0.2) is 0 Å². The third-order valence-corrected chi connectivity index (χ3v) is 8.27. The van der Waals surface area contributed by atoms with E-state index in [-0.39, 0.29) is 0 Å². The van der Waals surface area contributed by atoms with Gasteiger partial charge >= 0.3 is 0 Å². The summed E-state index contributed by atoms with van der Waals surface area (Å²) in [6.45, 7) is 15.3. The highest BCUT2D eigenvalue weighted by atomic mass is 28.3. The molecule has 0 nitrogen and oxygen atoms in total. The normalized spacial score (nSPS) is 10.9. The first-order valence-corrected chi connectivity index (χ1v) is 10.5. The number of rotatable bonds is 10. The number of hydrogen-bond acceptors (Lipinski definition) is 0. The summed E-state index contributed by atoms with van der Waals surface area (Å²) in [6.07, 6.45) is 8.18. The molecule has 0 aliphatic carbocycles. The van der Waals surface area contributed by atoms with E-state index >= 15 is 0 Å². The molecule has 0 atom stereocenters. The van der Waals surface area contributed by atoms with Crippen molar-refractivity contribution in [2.75, 3.05) is 0 Å². The Hall–Kier alpha value is -0.866. The third-order valence-electron chi connectivity index (χ3n) is 2.53. The van der Waals surface area contributed by atoms with E-state index < -0.39 is 17.6 Å². The molecule has 0 fully saturated rings. The predicted molar refractivity (Wildman–Crippen MR) is 83.5 cm³/mol. The first-order valence-electron chi connectivity index (χ1n) is 5.90. The zero-order valence-corrected chi connectivity index (χ0v) is 12.6. The molecule has 0 heterocycles. The molecule has 88 valence electrons. The van der Waals surface area contributed by atoms with E-state index in [9.17, 15) is 0 Å². The third kappa shape index (κ3) is 7.43. The Balaban J connectivity index is 4.32. The minimum absolute atomic E-state index is 0.790. The molecule has 0 aromatic carbocycles. The van der Waals surface area contributed by atoms with E-state index in [2.05, 4.69) is 37.7 Å². The van der Waals surface area contributed by atoms with E-state index in [1.165, 1.54) is 24.2 Å². The molecule has 0 aliphatic rings. The van der Waals surface area contributed by atoms with E-state index in [0.29, 0.717) is 0 Å². The van der Waals surface area contributed by atoms with Gasteiger partial charge in [-0.3, -0.25) is 0 Å². The fourth-order valence-corrected chi connectivity index (χ4v) is 6.92. The molecule has 0 unspecified atom stereocenters. The van der Waals surface area contributed by atoms with Crippen LogP contribution in [0.15, 0.2) is 62.0 Å². The molecule has 0 saturated carbocycles.